The molecule has 2 aromatic heterocycles. The minimum atomic E-state index is -0.881. The van der Waals surface area contributed by atoms with Crippen LogP contribution >= 0.6 is 11.8 Å². The normalized spacial score (nSPS) is 13.7. The van der Waals surface area contributed by atoms with Crippen molar-refractivity contribution in [3.05, 3.63) is 35.9 Å². The van der Waals surface area contributed by atoms with Gasteiger partial charge in [0.2, 0.25) is 5.91 Å². The number of hydrogen-bond donors (Lipinski definition) is 1. The molecule has 0 fully saturated rings. The Morgan fingerprint density at radius 2 is 2.12 bits per heavy atom. The average Bonchev–Trinajstić information content (AvgIpc) is 3.03. The zero-order chi connectivity index (χ0) is 18.9. The third-order valence-electron chi connectivity index (χ3n) is 4.69. The predicted molar refractivity (Wildman–Crippen MR) is 103 cm³/mol. The van der Waals surface area contributed by atoms with Crippen molar-refractivity contribution in [2.45, 2.75) is 38.4 Å². The lowest BCUT2D eigenvalue weighted by Crippen LogP contribution is -2.49. The van der Waals surface area contributed by atoms with Crippen LogP contribution in [-0.2, 0) is 4.79 Å². The monoisotopic (exact) mass is 367 g/mol. The van der Waals surface area contributed by atoms with Crippen LogP contribution in [0.25, 0.3) is 16.6 Å². The molecule has 3 rings (SSSR count). The molecule has 1 aromatic carbocycles. The molecule has 0 spiro atoms. The second-order valence-corrected chi connectivity index (χ2v) is 7.77. The van der Waals surface area contributed by atoms with Gasteiger partial charge in [0, 0.05) is 5.39 Å². The summed E-state index contributed by atoms with van der Waals surface area (Å²) in [6.45, 7) is 7.61. The lowest BCUT2D eigenvalue weighted by Gasteiger charge is -2.27. The maximum atomic E-state index is 12.3. The maximum absolute atomic E-state index is 12.3. The van der Waals surface area contributed by atoms with Crippen molar-refractivity contribution >= 4 is 34.2 Å². The smallest absolute Gasteiger partial charge is 0.231 e. The number of nitriles is 1. The van der Waals surface area contributed by atoms with E-state index in [1.807, 2.05) is 49.4 Å². The first-order chi connectivity index (χ1) is 12.4. The van der Waals surface area contributed by atoms with Gasteiger partial charge in [-0.3, -0.25) is 9.20 Å². The van der Waals surface area contributed by atoms with Crippen LogP contribution in [0.1, 0.15) is 26.3 Å². The number of nitrogens with one attached hydrogen (secondary N) is 1. The molecule has 6 nitrogen and oxygen atoms in total. The summed E-state index contributed by atoms with van der Waals surface area (Å²) in [6, 6.07) is 12.2. The number of para-hydroxylation sites is 1. The number of fused-ring (bicyclic) bond motifs is 3. The summed E-state index contributed by atoms with van der Waals surface area (Å²) in [4.78, 5) is 12.3. The second-order valence-electron chi connectivity index (χ2n) is 6.83. The molecule has 3 aromatic rings. The van der Waals surface area contributed by atoms with Gasteiger partial charge in [0.1, 0.15) is 5.54 Å². The summed E-state index contributed by atoms with van der Waals surface area (Å²) in [7, 11) is 0. The van der Waals surface area contributed by atoms with E-state index in [0.29, 0.717) is 5.16 Å². The summed E-state index contributed by atoms with van der Waals surface area (Å²) in [5, 5.41) is 22.4. The number of nitrogens with zero attached hydrogens (tertiary/aromatic N) is 4. The Kier molecular flexibility index (Phi) is 4.88. The highest BCUT2D eigenvalue weighted by molar-refractivity contribution is 7.99. The highest BCUT2D eigenvalue weighted by Crippen LogP contribution is 2.25. The molecule has 1 atom stereocenters. The molecular weight excluding hydrogens is 346 g/mol. The molecule has 0 aliphatic heterocycles. The highest BCUT2D eigenvalue weighted by Gasteiger charge is 2.30. The van der Waals surface area contributed by atoms with E-state index in [1.54, 1.807) is 6.92 Å². The molecule has 1 amide bonds. The van der Waals surface area contributed by atoms with Crippen LogP contribution in [0.15, 0.2) is 35.5 Å². The molecular formula is C19H21N5OS. The van der Waals surface area contributed by atoms with Gasteiger partial charge in [-0.1, -0.05) is 43.8 Å². The highest BCUT2D eigenvalue weighted by atomic mass is 32.2. The zero-order valence-corrected chi connectivity index (χ0v) is 16.1. The van der Waals surface area contributed by atoms with Crippen molar-refractivity contribution in [1.82, 2.24) is 19.9 Å². The van der Waals surface area contributed by atoms with Crippen LogP contribution in [0.2, 0.25) is 0 Å². The lowest BCUT2D eigenvalue weighted by atomic mass is 9.90. The first-order valence-corrected chi connectivity index (χ1v) is 9.43. The van der Waals surface area contributed by atoms with E-state index in [4.69, 9.17) is 0 Å². The van der Waals surface area contributed by atoms with Gasteiger partial charge in [-0.2, -0.15) is 5.26 Å². The molecule has 26 heavy (non-hydrogen) atoms. The van der Waals surface area contributed by atoms with Crippen LogP contribution in [0, 0.1) is 24.2 Å². The minimum Gasteiger partial charge on any atom is -0.337 e. The van der Waals surface area contributed by atoms with Crippen LogP contribution in [0.3, 0.4) is 0 Å². The summed E-state index contributed by atoms with van der Waals surface area (Å²) < 4.78 is 1.96. The van der Waals surface area contributed by atoms with Crippen molar-refractivity contribution < 1.29 is 4.79 Å². The van der Waals surface area contributed by atoms with E-state index in [9.17, 15) is 10.1 Å². The number of benzene rings is 1. The number of hydrogen-bond acceptors (Lipinski definition) is 5. The van der Waals surface area contributed by atoms with Crippen molar-refractivity contribution in [2.24, 2.45) is 5.92 Å². The third-order valence-corrected chi connectivity index (χ3v) is 5.62. The Balaban J connectivity index is 1.86. The average molecular weight is 367 g/mol. The molecule has 0 aliphatic carbocycles. The van der Waals surface area contributed by atoms with E-state index >= 15 is 0 Å². The summed E-state index contributed by atoms with van der Waals surface area (Å²) in [5.74, 6) is -0.00399. The van der Waals surface area contributed by atoms with Crippen LogP contribution in [0.4, 0.5) is 0 Å². The number of thioether (sulfide) groups is 1. The maximum Gasteiger partial charge on any atom is 0.231 e. The standard InChI is InChI=1S/C19H21N5OS/c1-12(2)19(4,11-20)21-17(25)10-26-18-23-22-16-9-13(3)14-7-5-6-8-15(14)24(16)18/h5-9,12H,10H2,1-4H3,(H,21,25)/t19-/m1/s1. The SMILES string of the molecule is Cc1cc2nnc(SCC(=O)N[C@](C)(C#N)C(C)C)n2c2ccccc12. The number of rotatable bonds is 5. The number of aryl methyl sites for hydroxylation is 1. The third kappa shape index (κ3) is 3.25. The Hall–Kier alpha value is -2.59. The van der Waals surface area contributed by atoms with Gasteiger partial charge in [0.05, 0.1) is 17.3 Å². The Bertz CT molecular complexity index is 1020. The van der Waals surface area contributed by atoms with E-state index in [2.05, 4.69) is 27.6 Å². The van der Waals surface area contributed by atoms with Crippen molar-refractivity contribution in [2.75, 3.05) is 5.75 Å². The molecule has 0 saturated carbocycles. The first kappa shape index (κ1) is 18.2. The van der Waals surface area contributed by atoms with Gasteiger partial charge >= 0.3 is 0 Å². The molecule has 134 valence electrons. The largest absolute Gasteiger partial charge is 0.337 e. The van der Waals surface area contributed by atoms with Gasteiger partial charge in [-0.25, -0.2) is 0 Å². The molecule has 0 unspecified atom stereocenters. The summed E-state index contributed by atoms with van der Waals surface area (Å²) in [5.41, 5.74) is 2.03. The van der Waals surface area contributed by atoms with E-state index in [0.717, 1.165) is 22.1 Å². The number of amides is 1. The van der Waals surface area contributed by atoms with E-state index in [-0.39, 0.29) is 17.6 Å². The molecule has 2 heterocycles. The van der Waals surface area contributed by atoms with Crippen molar-refractivity contribution in [3.63, 3.8) is 0 Å². The Morgan fingerprint density at radius 1 is 1.38 bits per heavy atom. The molecule has 0 bridgehead atoms. The van der Waals surface area contributed by atoms with E-state index < -0.39 is 5.54 Å². The predicted octanol–water partition coefficient (Wildman–Crippen LogP) is 3.34. The number of carbonyl (C=O) groups is 1. The van der Waals surface area contributed by atoms with Crippen LogP contribution in [-0.4, -0.2) is 31.8 Å². The van der Waals surface area contributed by atoms with Gasteiger partial charge in [0.25, 0.3) is 0 Å². The number of carbonyl (C=O) groups excluding carboxylic acids is 1. The lowest BCUT2D eigenvalue weighted by molar-refractivity contribution is -0.120. The van der Waals surface area contributed by atoms with Crippen molar-refractivity contribution in [3.8, 4) is 6.07 Å². The van der Waals surface area contributed by atoms with Gasteiger partial charge in [-0.05, 0) is 37.5 Å². The summed E-state index contributed by atoms with van der Waals surface area (Å²) in [6.07, 6.45) is 0. The van der Waals surface area contributed by atoms with Gasteiger partial charge in [0.15, 0.2) is 10.8 Å². The van der Waals surface area contributed by atoms with E-state index in [1.165, 1.54) is 11.8 Å². The fourth-order valence-electron chi connectivity index (χ4n) is 2.73. The molecule has 0 radical (unpaired) electrons. The Morgan fingerprint density at radius 3 is 2.81 bits per heavy atom. The van der Waals surface area contributed by atoms with Crippen LogP contribution in [0.5, 0.6) is 0 Å². The van der Waals surface area contributed by atoms with Gasteiger partial charge in [-0.15, -0.1) is 10.2 Å². The van der Waals surface area contributed by atoms with Crippen LogP contribution < -0.4 is 5.32 Å². The second kappa shape index (κ2) is 6.96. The quantitative estimate of drug-likeness (QED) is 0.699. The summed E-state index contributed by atoms with van der Waals surface area (Å²) >= 11 is 1.32. The first-order valence-electron chi connectivity index (χ1n) is 8.44. The number of pyridine rings is 1. The van der Waals surface area contributed by atoms with Crippen molar-refractivity contribution in [1.29, 1.82) is 5.26 Å². The topological polar surface area (TPSA) is 83.1 Å². The minimum absolute atomic E-state index is 0.0160. The molecule has 1 N–H and O–H groups in total. The fraction of sp³-hybridized carbons (Fsp3) is 0.368. The molecule has 0 aliphatic rings. The van der Waals surface area contributed by atoms with Gasteiger partial charge < -0.3 is 5.32 Å². The Labute approximate surface area is 156 Å². The molecule has 7 heteroatoms. The fourth-order valence-corrected chi connectivity index (χ4v) is 3.48. The number of aromatic nitrogens is 3. The molecule has 0 saturated heterocycles. The zero-order valence-electron chi connectivity index (χ0n) is 15.3.